The third kappa shape index (κ3) is 5.38. The molecule has 0 atom stereocenters. The van der Waals surface area contributed by atoms with Crippen molar-refractivity contribution in [2.24, 2.45) is 5.41 Å². The number of aliphatic carboxylic acids is 1. The summed E-state index contributed by atoms with van der Waals surface area (Å²) in [5, 5.41) is 11.4. The molecule has 0 aliphatic rings. The van der Waals surface area contributed by atoms with Crippen molar-refractivity contribution in [2.75, 3.05) is 0 Å². The fourth-order valence-electron chi connectivity index (χ4n) is 1.36. The van der Waals surface area contributed by atoms with Crippen LogP contribution in [0.3, 0.4) is 0 Å². The molecular weight excluding hydrogens is 242 g/mol. The Morgan fingerprint density at radius 3 is 2.26 bits per heavy atom. The lowest BCUT2D eigenvalue weighted by Crippen LogP contribution is -2.34. The molecule has 2 N–H and O–H groups in total. The minimum atomic E-state index is -0.971. The third-order valence-corrected chi connectivity index (χ3v) is 2.53. The van der Waals surface area contributed by atoms with E-state index < -0.39 is 11.4 Å². The molecule has 0 fully saturated rings. The SMILES string of the molecule is CC(C)(C)C(=O)NCc1ccc(/C=C/C(=O)O)cc1. The zero-order valence-electron chi connectivity index (χ0n) is 11.4. The number of hydrogen-bond donors (Lipinski definition) is 2. The van der Waals surface area contributed by atoms with Gasteiger partial charge in [-0.2, -0.15) is 0 Å². The lowest BCUT2D eigenvalue weighted by Gasteiger charge is -2.17. The monoisotopic (exact) mass is 261 g/mol. The van der Waals surface area contributed by atoms with Crippen molar-refractivity contribution in [3.63, 3.8) is 0 Å². The van der Waals surface area contributed by atoms with Gasteiger partial charge in [-0.3, -0.25) is 4.79 Å². The molecule has 0 saturated carbocycles. The van der Waals surface area contributed by atoms with Crippen LogP contribution in [0.25, 0.3) is 6.08 Å². The molecule has 4 nitrogen and oxygen atoms in total. The number of benzene rings is 1. The van der Waals surface area contributed by atoms with E-state index in [2.05, 4.69) is 5.32 Å². The van der Waals surface area contributed by atoms with Gasteiger partial charge in [0.1, 0.15) is 0 Å². The van der Waals surface area contributed by atoms with Gasteiger partial charge in [-0.05, 0) is 17.2 Å². The van der Waals surface area contributed by atoms with Crippen LogP contribution in [0, 0.1) is 5.41 Å². The average Bonchev–Trinajstić information content (AvgIpc) is 2.33. The molecule has 1 rings (SSSR count). The van der Waals surface area contributed by atoms with Crippen molar-refractivity contribution in [2.45, 2.75) is 27.3 Å². The van der Waals surface area contributed by atoms with E-state index in [-0.39, 0.29) is 5.91 Å². The molecule has 0 spiro atoms. The number of carbonyl (C=O) groups excluding carboxylic acids is 1. The molecule has 0 aromatic heterocycles. The molecule has 4 heteroatoms. The number of carboxylic acids is 1. The maximum absolute atomic E-state index is 11.7. The summed E-state index contributed by atoms with van der Waals surface area (Å²) in [6.07, 6.45) is 2.62. The third-order valence-electron chi connectivity index (χ3n) is 2.53. The van der Waals surface area contributed by atoms with Crippen LogP contribution < -0.4 is 5.32 Å². The van der Waals surface area contributed by atoms with Crippen molar-refractivity contribution in [3.8, 4) is 0 Å². The molecule has 0 unspecified atom stereocenters. The van der Waals surface area contributed by atoms with Gasteiger partial charge in [-0.15, -0.1) is 0 Å². The standard InChI is InChI=1S/C15H19NO3/c1-15(2,3)14(19)16-10-12-6-4-11(5-7-12)8-9-13(17)18/h4-9H,10H2,1-3H3,(H,16,19)(H,17,18)/b9-8+. The molecule has 0 radical (unpaired) electrons. The lowest BCUT2D eigenvalue weighted by molar-refractivity contribution is -0.131. The van der Waals surface area contributed by atoms with Crippen molar-refractivity contribution in [1.82, 2.24) is 5.32 Å². The first-order valence-corrected chi connectivity index (χ1v) is 6.07. The smallest absolute Gasteiger partial charge is 0.328 e. The first-order chi connectivity index (χ1) is 8.79. The molecular formula is C15H19NO3. The van der Waals surface area contributed by atoms with Crippen LogP contribution in [-0.2, 0) is 16.1 Å². The normalized spacial score (nSPS) is 11.5. The van der Waals surface area contributed by atoms with Crippen LogP contribution in [0.4, 0.5) is 0 Å². The summed E-state index contributed by atoms with van der Waals surface area (Å²) in [6.45, 7) is 6.06. The highest BCUT2D eigenvalue weighted by Crippen LogP contribution is 2.13. The summed E-state index contributed by atoms with van der Waals surface area (Å²) in [4.78, 5) is 22.1. The van der Waals surface area contributed by atoms with Gasteiger partial charge in [-0.25, -0.2) is 4.79 Å². The number of carboxylic acid groups (broad SMARTS) is 1. The first-order valence-electron chi connectivity index (χ1n) is 6.07. The van der Waals surface area contributed by atoms with Gasteiger partial charge in [0.15, 0.2) is 0 Å². The first kappa shape index (κ1) is 15.0. The van der Waals surface area contributed by atoms with Gasteiger partial charge < -0.3 is 10.4 Å². The lowest BCUT2D eigenvalue weighted by atomic mass is 9.95. The highest BCUT2D eigenvalue weighted by Gasteiger charge is 2.20. The number of carbonyl (C=O) groups is 2. The predicted molar refractivity (Wildman–Crippen MR) is 74.4 cm³/mol. The number of amides is 1. The highest BCUT2D eigenvalue weighted by molar-refractivity contribution is 5.85. The average molecular weight is 261 g/mol. The van der Waals surface area contributed by atoms with Gasteiger partial charge in [-0.1, -0.05) is 45.0 Å². The van der Waals surface area contributed by atoms with E-state index in [1.54, 1.807) is 0 Å². The maximum atomic E-state index is 11.7. The summed E-state index contributed by atoms with van der Waals surface area (Å²) in [6, 6.07) is 7.37. The van der Waals surface area contributed by atoms with E-state index in [0.29, 0.717) is 6.54 Å². The van der Waals surface area contributed by atoms with Crippen LogP contribution in [0.2, 0.25) is 0 Å². The minimum Gasteiger partial charge on any atom is -0.478 e. The van der Waals surface area contributed by atoms with Crippen molar-refractivity contribution < 1.29 is 14.7 Å². The van der Waals surface area contributed by atoms with Gasteiger partial charge >= 0.3 is 5.97 Å². The Morgan fingerprint density at radius 2 is 1.79 bits per heavy atom. The minimum absolute atomic E-state index is 0.00218. The van der Waals surface area contributed by atoms with E-state index in [9.17, 15) is 9.59 Å². The quantitative estimate of drug-likeness (QED) is 0.818. The van der Waals surface area contributed by atoms with Gasteiger partial charge in [0, 0.05) is 18.0 Å². The second-order valence-electron chi connectivity index (χ2n) is 5.35. The topological polar surface area (TPSA) is 66.4 Å². The van der Waals surface area contributed by atoms with Crippen molar-refractivity contribution >= 4 is 18.0 Å². The molecule has 0 aliphatic carbocycles. The summed E-state index contributed by atoms with van der Waals surface area (Å²) < 4.78 is 0. The second kappa shape index (κ2) is 6.18. The van der Waals surface area contributed by atoms with Crippen LogP contribution in [0.15, 0.2) is 30.3 Å². The zero-order chi connectivity index (χ0) is 14.5. The van der Waals surface area contributed by atoms with Crippen molar-refractivity contribution in [1.29, 1.82) is 0 Å². The van der Waals surface area contributed by atoms with Crippen LogP contribution in [0.5, 0.6) is 0 Å². The maximum Gasteiger partial charge on any atom is 0.328 e. The van der Waals surface area contributed by atoms with E-state index >= 15 is 0 Å². The van der Waals surface area contributed by atoms with E-state index in [4.69, 9.17) is 5.11 Å². The molecule has 19 heavy (non-hydrogen) atoms. The molecule has 1 aromatic carbocycles. The fourth-order valence-corrected chi connectivity index (χ4v) is 1.36. The number of nitrogens with one attached hydrogen (secondary N) is 1. The molecule has 0 bridgehead atoms. The van der Waals surface area contributed by atoms with Crippen LogP contribution in [0.1, 0.15) is 31.9 Å². The molecule has 102 valence electrons. The molecule has 0 saturated heterocycles. The van der Waals surface area contributed by atoms with E-state index in [0.717, 1.165) is 17.2 Å². The Hall–Kier alpha value is -2.10. The highest BCUT2D eigenvalue weighted by atomic mass is 16.4. The Kier molecular flexibility index (Phi) is 4.87. The van der Waals surface area contributed by atoms with Crippen LogP contribution >= 0.6 is 0 Å². The van der Waals surface area contributed by atoms with Crippen molar-refractivity contribution in [3.05, 3.63) is 41.5 Å². The number of hydrogen-bond acceptors (Lipinski definition) is 2. The Bertz CT molecular complexity index is 481. The Balaban J connectivity index is 2.58. The van der Waals surface area contributed by atoms with Gasteiger partial charge in [0.05, 0.1) is 0 Å². The predicted octanol–water partition coefficient (Wildman–Crippen LogP) is 2.45. The molecule has 0 aliphatic heterocycles. The molecule has 0 heterocycles. The van der Waals surface area contributed by atoms with Crippen LogP contribution in [-0.4, -0.2) is 17.0 Å². The largest absolute Gasteiger partial charge is 0.478 e. The number of rotatable bonds is 4. The zero-order valence-corrected chi connectivity index (χ0v) is 11.4. The molecule has 1 aromatic rings. The summed E-state index contributed by atoms with van der Waals surface area (Å²) in [5.41, 5.74) is 1.39. The second-order valence-corrected chi connectivity index (χ2v) is 5.35. The van der Waals surface area contributed by atoms with Gasteiger partial charge in [0.25, 0.3) is 0 Å². The fraction of sp³-hybridized carbons (Fsp3) is 0.333. The Morgan fingerprint density at radius 1 is 1.21 bits per heavy atom. The summed E-state index contributed by atoms with van der Waals surface area (Å²) in [7, 11) is 0. The van der Waals surface area contributed by atoms with E-state index in [1.807, 2.05) is 45.0 Å². The van der Waals surface area contributed by atoms with Gasteiger partial charge in [0.2, 0.25) is 5.91 Å². The summed E-state index contributed by atoms with van der Waals surface area (Å²) >= 11 is 0. The summed E-state index contributed by atoms with van der Waals surface area (Å²) in [5.74, 6) is -0.969. The van der Waals surface area contributed by atoms with E-state index in [1.165, 1.54) is 6.08 Å². The molecule has 1 amide bonds. The Labute approximate surface area is 113 Å².